The largest absolute Gasteiger partial charge is 0.340 e. The molecule has 0 saturated heterocycles. The molecule has 0 saturated carbocycles. The minimum Gasteiger partial charge on any atom is -0.340 e. The van der Waals surface area contributed by atoms with Gasteiger partial charge in [0.05, 0.1) is 0 Å². The highest BCUT2D eigenvalue weighted by atomic mass is 35.5. The molecule has 1 aromatic heterocycles. The molecule has 0 atom stereocenters. The Morgan fingerprint density at radius 1 is 1.00 bits per heavy atom. The first-order chi connectivity index (χ1) is 11.0. The second-order valence-corrected chi connectivity index (χ2v) is 5.74. The van der Waals surface area contributed by atoms with Gasteiger partial charge in [0.15, 0.2) is 5.82 Å². The molecule has 23 heavy (non-hydrogen) atoms. The van der Waals surface area contributed by atoms with Gasteiger partial charge in [0, 0.05) is 17.3 Å². The Bertz CT molecular complexity index is 865. The Balaban J connectivity index is 1.97. The average molecular weight is 328 g/mol. The summed E-state index contributed by atoms with van der Waals surface area (Å²) >= 11 is 6.09. The molecule has 0 fully saturated rings. The van der Waals surface area contributed by atoms with Crippen LogP contribution in [0.3, 0.4) is 0 Å². The van der Waals surface area contributed by atoms with Gasteiger partial charge in [-0.3, -0.25) is 0 Å². The minimum atomic E-state index is -0.338. The van der Waals surface area contributed by atoms with Gasteiger partial charge in [0.2, 0.25) is 0 Å². The van der Waals surface area contributed by atoms with E-state index in [4.69, 9.17) is 11.6 Å². The summed E-state index contributed by atoms with van der Waals surface area (Å²) < 4.78 is 13.4. The van der Waals surface area contributed by atoms with Crippen LogP contribution in [0.1, 0.15) is 11.1 Å². The van der Waals surface area contributed by atoms with Crippen molar-refractivity contribution in [2.45, 2.75) is 13.8 Å². The molecule has 3 nitrogen and oxygen atoms in total. The lowest BCUT2D eigenvalue weighted by Crippen LogP contribution is -1.99. The van der Waals surface area contributed by atoms with Gasteiger partial charge in [-0.25, -0.2) is 14.4 Å². The number of aryl methyl sites for hydroxylation is 2. The fourth-order valence-corrected chi connectivity index (χ4v) is 2.51. The number of benzene rings is 2. The molecule has 0 aliphatic carbocycles. The SMILES string of the molecule is Cc1ccc(Nc2cc(Cl)nc(-c3cccc(F)c3)n2)c(C)c1. The Hall–Kier alpha value is -2.46. The number of aromatic nitrogens is 2. The van der Waals surface area contributed by atoms with E-state index < -0.39 is 0 Å². The second kappa shape index (κ2) is 6.34. The Kier molecular flexibility index (Phi) is 4.26. The molecule has 1 heterocycles. The van der Waals surface area contributed by atoms with Crippen LogP contribution in [0.5, 0.6) is 0 Å². The Morgan fingerprint density at radius 2 is 1.83 bits per heavy atom. The predicted molar refractivity (Wildman–Crippen MR) is 91.6 cm³/mol. The fraction of sp³-hybridized carbons (Fsp3) is 0.111. The first-order valence-corrected chi connectivity index (χ1v) is 7.54. The van der Waals surface area contributed by atoms with Crippen LogP contribution in [0.25, 0.3) is 11.4 Å². The Labute approximate surface area is 139 Å². The summed E-state index contributed by atoms with van der Waals surface area (Å²) in [4.78, 5) is 8.60. The van der Waals surface area contributed by atoms with Gasteiger partial charge in [0.25, 0.3) is 0 Å². The van der Waals surface area contributed by atoms with Crippen molar-refractivity contribution in [3.63, 3.8) is 0 Å². The summed E-state index contributed by atoms with van der Waals surface area (Å²) in [6.45, 7) is 4.06. The van der Waals surface area contributed by atoms with E-state index in [-0.39, 0.29) is 5.82 Å². The summed E-state index contributed by atoms with van der Waals surface area (Å²) in [6.07, 6.45) is 0. The molecule has 116 valence electrons. The third-order valence-corrected chi connectivity index (χ3v) is 3.62. The van der Waals surface area contributed by atoms with E-state index in [9.17, 15) is 4.39 Å². The van der Waals surface area contributed by atoms with Crippen molar-refractivity contribution in [2.75, 3.05) is 5.32 Å². The van der Waals surface area contributed by atoms with Gasteiger partial charge in [0.1, 0.15) is 16.8 Å². The highest BCUT2D eigenvalue weighted by Crippen LogP contribution is 2.25. The van der Waals surface area contributed by atoms with Gasteiger partial charge < -0.3 is 5.32 Å². The maximum absolute atomic E-state index is 13.4. The molecule has 0 radical (unpaired) electrons. The average Bonchev–Trinajstić information content (AvgIpc) is 2.50. The van der Waals surface area contributed by atoms with Crippen molar-refractivity contribution in [3.8, 4) is 11.4 Å². The van der Waals surface area contributed by atoms with Crippen molar-refractivity contribution in [1.29, 1.82) is 0 Å². The quantitative estimate of drug-likeness (QED) is 0.664. The maximum atomic E-state index is 13.4. The van der Waals surface area contributed by atoms with Crippen molar-refractivity contribution in [1.82, 2.24) is 9.97 Å². The first-order valence-electron chi connectivity index (χ1n) is 7.16. The molecule has 3 aromatic rings. The number of rotatable bonds is 3. The summed E-state index contributed by atoms with van der Waals surface area (Å²) in [6, 6.07) is 13.9. The summed E-state index contributed by atoms with van der Waals surface area (Å²) in [5.41, 5.74) is 3.81. The number of nitrogens with zero attached hydrogens (tertiary/aromatic N) is 2. The topological polar surface area (TPSA) is 37.8 Å². The molecule has 1 N–H and O–H groups in total. The van der Waals surface area contributed by atoms with E-state index >= 15 is 0 Å². The Morgan fingerprint density at radius 3 is 2.57 bits per heavy atom. The fourth-order valence-electron chi connectivity index (χ4n) is 2.33. The van der Waals surface area contributed by atoms with Crippen LogP contribution in [0, 0.1) is 19.7 Å². The van der Waals surface area contributed by atoms with Gasteiger partial charge in [-0.1, -0.05) is 41.4 Å². The zero-order valence-electron chi connectivity index (χ0n) is 12.8. The van der Waals surface area contributed by atoms with E-state index in [1.165, 1.54) is 17.7 Å². The molecule has 0 amide bonds. The normalized spacial score (nSPS) is 10.6. The second-order valence-electron chi connectivity index (χ2n) is 5.35. The zero-order valence-corrected chi connectivity index (χ0v) is 13.5. The van der Waals surface area contributed by atoms with E-state index in [0.29, 0.717) is 22.4 Å². The summed E-state index contributed by atoms with van der Waals surface area (Å²) in [5.74, 6) is 0.607. The lowest BCUT2D eigenvalue weighted by molar-refractivity contribution is 0.628. The van der Waals surface area contributed by atoms with Gasteiger partial charge in [-0.15, -0.1) is 0 Å². The first kappa shape index (κ1) is 15.4. The molecule has 0 aliphatic rings. The maximum Gasteiger partial charge on any atom is 0.163 e. The molecular formula is C18H15ClFN3. The number of nitrogens with one attached hydrogen (secondary N) is 1. The third-order valence-electron chi connectivity index (χ3n) is 3.42. The van der Waals surface area contributed by atoms with E-state index in [0.717, 1.165) is 11.3 Å². The summed E-state index contributed by atoms with van der Waals surface area (Å²) in [7, 11) is 0. The van der Waals surface area contributed by atoms with E-state index in [1.807, 2.05) is 26.0 Å². The molecule has 3 rings (SSSR count). The lowest BCUT2D eigenvalue weighted by atomic mass is 10.1. The third kappa shape index (κ3) is 3.66. The van der Waals surface area contributed by atoms with E-state index in [2.05, 4.69) is 21.4 Å². The molecule has 5 heteroatoms. The zero-order chi connectivity index (χ0) is 16.4. The number of anilines is 2. The van der Waals surface area contributed by atoms with Crippen LogP contribution in [0.4, 0.5) is 15.9 Å². The lowest BCUT2D eigenvalue weighted by Gasteiger charge is -2.11. The number of halogens is 2. The van der Waals surface area contributed by atoms with Crippen LogP contribution < -0.4 is 5.32 Å². The molecular weight excluding hydrogens is 313 g/mol. The smallest absolute Gasteiger partial charge is 0.163 e. The van der Waals surface area contributed by atoms with Crippen molar-refractivity contribution in [3.05, 3.63) is 70.6 Å². The van der Waals surface area contributed by atoms with Crippen molar-refractivity contribution < 1.29 is 4.39 Å². The van der Waals surface area contributed by atoms with Crippen LogP contribution in [-0.2, 0) is 0 Å². The molecule has 0 aliphatic heterocycles. The molecule has 0 spiro atoms. The molecule has 0 bridgehead atoms. The highest BCUT2D eigenvalue weighted by Gasteiger charge is 2.08. The van der Waals surface area contributed by atoms with Crippen molar-refractivity contribution >= 4 is 23.1 Å². The number of hydrogen-bond acceptors (Lipinski definition) is 3. The van der Waals surface area contributed by atoms with Crippen molar-refractivity contribution in [2.24, 2.45) is 0 Å². The van der Waals surface area contributed by atoms with Crippen LogP contribution in [0.15, 0.2) is 48.5 Å². The number of hydrogen-bond donors (Lipinski definition) is 1. The molecule has 0 unspecified atom stereocenters. The minimum absolute atomic E-state index is 0.298. The van der Waals surface area contributed by atoms with Gasteiger partial charge in [-0.2, -0.15) is 0 Å². The summed E-state index contributed by atoms with van der Waals surface area (Å²) in [5, 5.41) is 3.53. The highest BCUT2D eigenvalue weighted by molar-refractivity contribution is 6.29. The van der Waals surface area contributed by atoms with Gasteiger partial charge in [-0.05, 0) is 37.6 Å². The van der Waals surface area contributed by atoms with Crippen LogP contribution in [0.2, 0.25) is 5.15 Å². The van der Waals surface area contributed by atoms with E-state index in [1.54, 1.807) is 18.2 Å². The van der Waals surface area contributed by atoms with Gasteiger partial charge >= 0.3 is 0 Å². The standard InChI is InChI=1S/C18H15ClFN3/c1-11-6-7-15(12(2)8-11)21-17-10-16(19)22-18(23-17)13-4-3-5-14(20)9-13/h3-10H,1-2H3,(H,21,22,23). The molecule has 2 aromatic carbocycles. The predicted octanol–water partition coefficient (Wildman–Crippen LogP) is 5.30. The van der Waals surface area contributed by atoms with Crippen LogP contribution >= 0.6 is 11.6 Å². The van der Waals surface area contributed by atoms with Crippen LogP contribution in [-0.4, -0.2) is 9.97 Å². The monoisotopic (exact) mass is 327 g/mol.